The molecule has 0 heterocycles. The van der Waals surface area contributed by atoms with E-state index in [4.69, 9.17) is 9.47 Å². The van der Waals surface area contributed by atoms with Gasteiger partial charge in [0.2, 0.25) is 0 Å². The fourth-order valence-electron chi connectivity index (χ4n) is 1.77. The zero-order chi connectivity index (χ0) is 13.5. The van der Waals surface area contributed by atoms with Crippen molar-refractivity contribution in [1.82, 2.24) is 5.32 Å². The largest absolute Gasteiger partial charge is 0.351 e. The van der Waals surface area contributed by atoms with Gasteiger partial charge in [-0.3, -0.25) is 0 Å². The third kappa shape index (κ3) is 3.75. The maximum atomic E-state index is 14.1. The smallest absolute Gasteiger partial charge is 0.176 e. The molecule has 0 radical (unpaired) electrons. The SMILES string of the molecule is CCOC(OCC)C(NC)c1cccc(Br)c1F. The van der Waals surface area contributed by atoms with Crippen molar-refractivity contribution in [2.24, 2.45) is 0 Å². The molecular weight excluding hydrogens is 301 g/mol. The average Bonchev–Trinajstić information content (AvgIpc) is 2.36. The molecule has 5 heteroatoms. The molecule has 3 nitrogen and oxygen atoms in total. The normalized spacial score (nSPS) is 13.0. The summed E-state index contributed by atoms with van der Waals surface area (Å²) in [6.07, 6.45) is -0.506. The molecule has 1 atom stereocenters. The van der Waals surface area contributed by atoms with Gasteiger partial charge in [-0.15, -0.1) is 0 Å². The van der Waals surface area contributed by atoms with Crippen LogP contribution in [0.2, 0.25) is 0 Å². The molecule has 102 valence electrons. The van der Waals surface area contributed by atoms with Gasteiger partial charge in [0.25, 0.3) is 0 Å². The monoisotopic (exact) mass is 319 g/mol. The highest BCUT2D eigenvalue weighted by Gasteiger charge is 2.25. The van der Waals surface area contributed by atoms with Gasteiger partial charge in [-0.2, -0.15) is 0 Å². The minimum atomic E-state index is -0.506. The van der Waals surface area contributed by atoms with Crippen molar-refractivity contribution in [3.05, 3.63) is 34.1 Å². The fraction of sp³-hybridized carbons (Fsp3) is 0.538. The molecule has 18 heavy (non-hydrogen) atoms. The van der Waals surface area contributed by atoms with Crippen molar-refractivity contribution in [3.8, 4) is 0 Å². The van der Waals surface area contributed by atoms with E-state index >= 15 is 0 Å². The summed E-state index contributed by atoms with van der Waals surface area (Å²) in [6, 6.07) is 4.85. The van der Waals surface area contributed by atoms with E-state index in [-0.39, 0.29) is 11.9 Å². The van der Waals surface area contributed by atoms with Gasteiger partial charge in [0, 0.05) is 18.8 Å². The summed E-state index contributed by atoms with van der Waals surface area (Å²) in [5.41, 5.74) is 0.527. The second kappa shape index (κ2) is 7.84. The maximum Gasteiger partial charge on any atom is 0.176 e. The lowest BCUT2D eigenvalue weighted by Crippen LogP contribution is -2.34. The van der Waals surface area contributed by atoms with Crippen LogP contribution in [0.3, 0.4) is 0 Å². The van der Waals surface area contributed by atoms with E-state index in [1.165, 1.54) is 0 Å². The number of nitrogens with one attached hydrogen (secondary N) is 1. The third-order valence-corrected chi connectivity index (χ3v) is 3.17. The molecule has 1 rings (SSSR count). The first kappa shape index (κ1) is 15.6. The second-order valence-corrected chi connectivity index (χ2v) is 4.54. The standard InChI is InChI=1S/C13H19BrFNO2/c1-4-17-13(18-5-2)12(16-3)9-7-6-8-10(14)11(9)15/h6-8,12-13,16H,4-5H2,1-3H3. The highest BCUT2D eigenvalue weighted by molar-refractivity contribution is 9.10. The van der Waals surface area contributed by atoms with Crippen LogP contribution in [0, 0.1) is 5.82 Å². The molecule has 0 saturated carbocycles. The summed E-state index contributed by atoms with van der Waals surface area (Å²) in [4.78, 5) is 0. The van der Waals surface area contributed by atoms with E-state index in [1.54, 1.807) is 25.2 Å². The second-order valence-electron chi connectivity index (χ2n) is 3.69. The third-order valence-electron chi connectivity index (χ3n) is 2.56. The van der Waals surface area contributed by atoms with E-state index in [0.717, 1.165) is 0 Å². The Morgan fingerprint density at radius 3 is 2.39 bits per heavy atom. The first-order valence-corrected chi connectivity index (χ1v) is 6.79. The Labute approximate surface area is 116 Å². The molecule has 0 aliphatic rings. The van der Waals surface area contributed by atoms with Crippen molar-refractivity contribution in [2.75, 3.05) is 20.3 Å². The minimum absolute atomic E-state index is 0.291. The first-order chi connectivity index (χ1) is 8.65. The molecule has 0 aliphatic carbocycles. The van der Waals surface area contributed by atoms with Crippen molar-refractivity contribution in [1.29, 1.82) is 0 Å². The Balaban J connectivity index is 3.02. The quantitative estimate of drug-likeness (QED) is 0.783. The zero-order valence-corrected chi connectivity index (χ0v) is 12.5. The Hall–Kier alpha value is -0.490. The van der Waals surface area contributed by atoms with Gasteiger partial charge in [0.05, 0.1) is 10.5 Å². The van der Waals surface area contributed by atoms with Gasteiger partial charge in [-0.1, -0.05) is 12.1 Å². The lowest BCUT2D eigenvalue weighted by atomic mass is 10.1. The van der Waals surface area contributed by atoms with Gasteiger partial charge in [0.1, 0.15) is 5.82 Å². The van der Waals surface area contributed by atoms with E-state index in [9.17, 15) is 4.39 Å². The predicted octanol–water partition coefficient (Wildman–Crippen LogP) is 3.25. The highest BCUT2D eigenvalue weighted by atomic mass is 79.9. The Morgan fingerprint density at radius 2 is 1.89 bits per heavy atom. The topological polar surface area (TPSA) is 30.5 Å². The number of hydrogen-bond donors (Lipinski definition) is 1. The van der Waals surface area contributed by atoms with Crippen LogP contribution in [-0.2, 0) is 9.47 Å². The van der Waals surface area contributed by atoms with Crippen LogP contribution in [0.1, 0.15) is 25.5 Å². The number of ether oxygens (including phenoxy) is 2. The van der Waals surface area contributed by atoms with Crippen molar-refractivity contribution < 1.29 is 13.9 Å². The number of likely N-dealkylation sites (N-methyl/N-ethyl adjacent to an activating group) is 1. The molecule has 0 amide bonds. The summed E-state index contributed by atoms with van der Waals surface area (Å²) in [5, 5.41) is 3.05. The van der Waals surface area contributed by atoms with Gasteiger partial charge in [-0.25, -0.2) is 4.39 Å². The van der Waals surface area contributed by atoms with Crippen LogP contribution in [0.15, 0.2) is 22.7 Å². The number of rotatable bonds is 7. The van der Waals surface area contributed by atoms with Crippen LogP contribution < -0.4 is 5.32 Å². The fourth-order valence-corrected chi connectivity index (χ4v) is 2.15. The van der Waals surface area contributed by atoms with Crippen molar-refractivity contribution >= 4 is 15.9 Å². The van der Waals surface area contributed by atoms with Gasteiger partial charge in [-0.05, 0) is 42.9 Å². The van der Waals surface area contributed by atoms with Crippen LogP contribution in [0.25, 0.3) is 0 Å². The van der Waals surface area contributed by atoms with E-state index < -0.39 is 6.29 Å². The Morgan fingerprint density at radius 1 is 1.28 bits per heavy atom. The molecular formula is C13H19BrFNO2. The molecule has 0 fully saturated rings. The summed E-state index contributed by atoms with van der Waals surface area (Å²) < 4.78 is 25.6. The van der Waals surface area contributed by atoms with Crippen LogP contribution in [-0.4, -0.2) is 26.6 Å². The van der Waals surface area contributed by atoms with E-state index in [1.807, 2.05) is 13.8 Å². The molecule has 0 aliphatic heterocycles. The molecule has 0 bridgehead atoms. The van der Waals surface area contributed by atoms with Crippen LogP contribution >= 0.6 is 15.9 Å². The molecule has 1 aromatic carbocycles. The first-order valence-electron chi connectivity index (χ1n) is 6.00. The van der Waals surface area contributed by atoms with E-state index in [2.05, 4.69) is 21.2 Å². The van der Waals surface area contributed by atoms with Gasteiger partial charge in [0.15, 0.2) is 6.29 Å². The van der Waals surface area contributed by atoms with Gasteiger partial charge >= 0.3 is 0 Å². The van der Waals surface area contributed by atoms with Crippen LogP contribution in [0.5, 0.6) is 0 Å². The molecule has 1 aromatic rings. The average molecular weight is 320 g/mol. The summed E-state index contributed by atoms with van der Waals surface area (Å²) >= 11 is 3.19. The molecule has 1 N–H and O–H groups in total. The van der Waals surface area contributed by atoms with Crippen molar-refractivity contribution in [3.63, 3.8) is 0 Å². The zero-order valence-electron chi connectivity index (χ0n) is 10.9. The van der Waals surface area contributed by atoms with Gasteiger partial charge < -0.3 is 14.8 Å². The summed E-state index contributed by atoms with van der Waals surface area (Å²) in [5.74, 6) is -0.291. The lowest BCUT2D eigenvalue weighted by Gasteiger charge is -2.27. The predicted molar refractivity (Wildman–Crippen MR) is 72.9 cm³/mol. The minimum Gasteiger partial charge on any atom is -0.351 e. The Bertz CT molecular complexity index is 370. The van der Waals surface area contributed by atoms with Crippen molar-refractivity contribution in [2.45, 2.75) is 26.2 Å². The summed E-state index contributed by atoms with van der Waals surface area (Å²) in [7, 11) is 1.76. The molecule has 0 aromatic heterocycles. The summed E-state index contributed by atoms with van der Waals surface area (Å²) in [6.45, 7) is 4.79. The Kier molecular flexibility index (Phi) is 6.78. The lowest BCUT2D eigenvalue weighted by molar-refractivity contribution is -0.154. The molecule has 0 spiro atoms. The van der Waals surface area contributed by atoms with E-state index in [0.29, 0.717) is 23.2 Å². The number of halogens is 2. The molecule has 1 unspecified atom stereocenters. The maximum absolute atomic E-state index is 14.1. The number of benzene rings is 1. The van der Waals surface area contributed by atoms with Crippen LogP contribution in [0.4, 0.5) is 4.39 Å². The highest BCUT2D eigenvalue weighted by Crippen LogP contribution is 2.27. The number of hydrogen-bond acceptors (Lipinski definition) is 3. The molecule has 0 saturated heterocycles.